The van der Waals surface area contributed by atoms with Crippen molar-refractivity contribution in [1.82, 2.24) is 25.1 Å². The third kappa shape index (κ3) is 2.60. The number of ether oxygens (including phenoxy) is 1. The van der Waals surface area contributed by atoms with Gasteiger partial charge in [-0.15, -0.1) is 12.4 Å². The van der Waals surface area contributed by atoms with E-state index < -0.39 is 0 Å². The number of halogens is 2. The van der Waals surface area contributed by atoms with Gasteiger partial charge in [0.25, 0.3) is 0 Å². The minimum Gasteiger partial charge on any atom is -0.494 e. The van der Waals surface area contributed by atoms with E-state index in [9.17, 15) is 0 Å². The summed E-state index contributed by atoms with van der Waals surface area (Å²) in [4.78, 5) is 11.6. The maximum Gasteiger partial charge on any atom is 0.144 e. The molecule has 0 fully saturated rings. The van der Waals surface area contributed by atoms with Crippen LogP contribution in [-0.4, -0.2) is 32.3 Å². The second-order valence-electron chi connectivity index (χ2n) is 4.72. The molecule has 0 saturated heterocycles. The molecule has 1 aromatic carbocycles. The fourth-order valence-electron chi connectivity index (χ4n) is 2.39. The second-order valence-corrected chi connectivity index (χ2v) is 5.57. The molecule has 0 aliphatic carbocycles. The second kappa shape index (κ2) is 6.05. The molecule has 3 aromatic heterocycles. The van der Waals surface area contributed by atoms with E-state index in [4.69, 9.17) is 4.74 Å². The van der Waals surface area contributed by atoms with Crippen LogP contribution in [0, 0.1) is 0 Å². The number of aromatic amines is 2. The number of rotatable bonds is 3. The average Bonchev–Trinajstić information content (AvgIpc) is 3.13. The number of nitrogens with zero attached hydrogens (tertiary/aromatic N) is 3. The van der Waals surface area contributed by atoms with Gasteiger partial charge in [0, 0.05) is 22.1 Å². The van der Waals surface area contributed by atoms with E-state index >= 15 is 0 Å². The highest BCUT2D eigenvalue weighted by molar-refractivity contribution is 9.10. The van der Waals surface area contributed by atoms with Crippen molar-refractivity contribution in [2.75, 3.05) is 12.4 Å². The lowest BCUT2D eigenvalue weighted by molar-refractivity contribution is 0.417. The summed E-state index contributed by atoms with van der Waals surface area (Å²) in [7, 11) is 1.63. The summed E-state index contributed by atoms with van der Waals surface area (Å²) >= 11 is 3.50. The van der Waals surface area contributed by atoms with E-state index in [2.05, 4.69) is 46.4 Å². The Morgan fingerprint density at radius 2 is 2.13 bits per heavy atom. The number of fused-ring (bicyclic) bond motifs is 2. The molecule has 0 unspecified atom stereocenters. The Morgan fingerprint density at radius 3 is 2.96 bits per heavy atom. The van der Waals surface area contributed by atoms with Gasteiger partial charge in [0.15, 0.2) is 0 Å². The smallest absolute Gasteiger partial charge is 0.144 e. The van der Waals surface area contributed by atoms with Crippen molar-refractivity contribution in [3.8, 4) is 5.75 Å². The third-order valence-electron chi connectivity index (χ3n) is 3.44. The zero-order valence-electron chi connectivity index (χ0n) is 11.9. The van der Waals surface area contributed by atoms with Crippen LogP contribution in [0.2, 0.25) is 0 Å². The normalized spacial score (nSPS) is 10.7. The van der Waals surface area contributed by atoms with Crippen molar-refractivity contribution in [1.29, 1.82) is 0 Å². The van der Waals surface area contributed by atoms with Gasteiger partial charge in [0.05, 0.1) is 29.9 Å². The van der Waals surface area contributed by atoms with Crippen LogP contribution in [0.15, 0.2) is 35.3 Å². The molecule has 4 aromatic rings. The van der Waals surface area contributed by atoms with Crippen molar-refractivity contribution in [2.45, 2.75) is 0 Å². The van der Waals surface area contributed by atoms with Gasteiger partial charge in [0.2, 0.25) is 0 Å². The molecule has 0 atom stereocenters. The molecule has 0 spiro atoms. The summed E-state index contributed by atoms with van der Waals surface area (Å²) in [6, 6.07) is 3.86. The first-order valence-electron chi connectivity index (χ1n) is 6.52. The van der Waals surface area contributed by atoms with Gasteiger partial charge in [-0.05, 0) is 22.0 Å². The highest BCUT2D eigenvalue weighted by Crippen LogP contribution is 2.34. The topological polar surface area (TPSA) is 91.5 Å². The summed E-state index contributed by atoms with van der Waals surface area (Å²) in [6.07, 6.45) is 5.11. The molecule has 9 heteroatoms. The highest BCUT2D eigenvalue weighted by atomic mass is 79.9. The summed E-state index contributed by atoms with van der Waals surface area (Å²) < 4.78 is 6.34. The molecule has 0 bridgehead atoms. The number of hydrogen-bond donors (Lipinski definition) is 3. The molecular formula is C14H12BrClN6O. The Hall–Kier alpha value is -2.32. The lowest BCUT2D eigenvalue weighted by Crippen LogP contribution is -1.98. The molecular weight excluding hydrogens is 384 g/mol. The predicted octanol–water partition coefficient (Wildman–Crippen LogP) is 3.77. The number of anilines is 2. The number of benzene rings is 1. The fourth-order valence-corrected chi connectivity index (χ4v) is 2.88. The van der Waals surface area contributed by atoms with Crippen molar-refractivity contribution in [2.24, 2.45) is 0 Å². The lowest BCUT2D eigenvalue weighted by Gasteiger charge is -2.11. The summed E-state index contributed by atoms with van der Waals surface area (Å²) in [5.41, 5.74) is 2.48. The maximum absolute atomic E-state index is 5.45. The van der Waals surface area contributed by atoms with Crippen molar-refractivity contribution >= 4 is 61.8 Å². The Bertz CT molecular complexity index is 982. The molecule has 3 N–H and O–H groups in total. The number of H-pyrrole nitrogens is 2. The molecule has 0 amide bonds. The first-order chi connectivity index (χ1) is 10.8. The molecule has 4 rings (SSSR count). The number of methoxy groups -OCH3 is 1. The molecule has 0 radical (unpaired) electrons. The van der Waals surface area contributed by atoms with E-state index in [1.165, 1.54) is 6.33 Å². The van der Waals surface area contributed by atoms with Gasteiger partial charge in [-0.2, -0.15) is 5.10 Å². The number of aromatic nitrogens is 5. The zero-order chi connectivity index (χ0) is 15.1. The first kappa shape index (κ1) is 15.6. The largest absolute Gasteiger partial charge is 0.494 e. The van der Waals surface area contributed by atoms with Crippen LogP contribution in [0.1, 0.15) is 0 Å². The van der Waals surface area contributed by atoms with E-state index in [-0.39, 0.29) is 12.4 Å². The van der Waals surface area contributed by atoms with Gasteiger partial charge in [-0.1, -0.05) is 0 Å². The van der Waals surface area contributed by atoms with Crippen molar-refractivity contribution < 1.29 is 4.74 Å². The Kier molecular flexibility index (Phi) is 4.10. The zero-order valence-corrected chi connectivity index (χ0v) is 14.3. The summed E-state index contributed by atoms with van der Waals surface area (Å²) in [5.74, 6) is 1.40. The third-order valence-corrected chi connectivity index (χ3v) is 4.06. The van der Waals surface area contributed by atoms with Gasteiger partial charge in [-0.25, -0.2) is 9.97 Å². The van der Waals surface area contributed by atoms with E-state index in [0.29, 0.717) is 11.6 Å². The summed E-state index contributed by atoms with van der Waals surface area (Å²) in [5, 5.41) is 12.1. The van der Waals surface area contributed by atoms with Crippen LogP contribution < -0.4 is 10.1 Å². The standard InChI is InChI=1S/C14H11BrN6O.ClH/c1-22-11-3-9-7(4-19-21-9)2-10(11)20-14-12-8(15)5-16-13(12)17-6-18-14;/h2-6H,1H3,(H,19,21)(H2,16,17,18,20);1H. The van der Waals surface area contributed by atoms with E-state index in [1.807, 2.05) is 18.3 Å². The quantitative estimate of drug-likeness (QED) is 0.491. The Balaban J connectivity index is 0.00000156. The van der Waals surface area contributed by atoms with Gasteiger partial charge >= 0.3 is 0 Å². The van der Waals surface area contributed by atoms with Crippen LogP contribution in [-0.2, 0) is 0 Å². The van der Waals surface area contributed by atoms with Crippen LogP contribution in [0.5, 0.6) is 5.75 Å². The molecule has 7 nitrogen and oxygen atoms in total. The molecule has 0 saturated carbocycles. The number of nitrogens with one attached hydrogen (secondary N) is 3. The fraction of sp³-hybridized carbons (Fsp3) is 0.0714. The van der Waals surface area contributed by atoms with E-state index in [0.717, 1.165) is 32.1 Å². The number of hydrogen-bond acceptors (Lipinski definition) is 5. The van der Waals surface area contributed by atoms with E-state index in [1.54, 1.807) is 13.3 Å². The monoisotopic (exact) mass is 394 g/mol. The predicted molar refractivity (Wildman–Crippen MR) is 94.8 cm³/mol. The van der Waals surface area contributed by atoms with Gasteiger partial charge in [-0.3, -0.25) is 5.10 Å². The van der Waals surface area contributed by atoms with Crippen LogP contribution in [0.4, 0.5) is 11.5 Å². The maximum atomic E-state index is 5.45. The molecule has 23 heavy (non-hydrogen) atoms. The first-order valence-corrected chi connectivity index (χ1v) is 7.31. The van der Waals surface area contributed by atoms with Crippen LogP contribution in [0.3, 0.4) is 0 Å². The molecule has 118 valence electrons. The molecule has 0 aliphatic heterocycles. The minimum atomic E-state index is 0. The molecule has 0 aliphatic rings. The average molecular weight is 396 g/mol. The molecule has 3 heterocycles. The van der Waals surface area contributed by atoms with Crippen molar-refractivity contribution in [3.05, 3.63) is 35.3 Å². The van der Waals surface area contributed by atoms with Gasteiger partial charge < -0.3 is 15.0 Å². The minimum absolute atomic E-state index is 0. The Morgan fingerprint density at radius 1 is 1.26 bits per heavy atom. The highest BCUT2D eigenvalue weighted by Gasteiger charge is 2.13. The van der Waals surface area contributed by atoms with Gasteiger partial charge in [0.1, 0.15) is 23.5 Å². The SMILES string of the molecule is COc1cc2[nH]ncc2cc1Nc1ncnc2[nH]cc(Br)c12.Cl. The summed E-state index contributed by atoms with van der Waals surface area (Å²) in [6.45, 7) is 0. The van der Waals surface area contributed by atoms with Crippen LogP contribution in [0.25, 0.3) is 21.9 Å². The van der Waals surface area contributed by atoms with Crippen molar-refractivity contribution in [3.63, 3.8) is 0 Å². The lowest BCUT2D eigenvalue weighted by atomic mass is 10.2. The Labute approximate surface area is 145 Å². The van der Waals surface area contributed by atoms with Crippen LogP contribution >= 0.6 is 28.3 Å².